The second kappa shape index (κ2) is 6.18. The van der Waals surface area contributed by atoms with Crippen LogP contribution in [-0.4, -0.2) is 11.2 Å². The van der Waals surface area contributed by atoms with Gasteiger partial charge in [0.05, 0.1) is 11.9 Å². The zero-order valence-electron chi connectivity index (χ0n) is 9.07. The Hall–Kier alpha value is -1.10. The third-order valence-corrected chi connectivity index (χ3v) is 2.95. The van der Waals surface area contributed by atoms with Crippen molar-refractivity contribution in [2.75, 3.05) is 5.43 Å². The second-order valence-electron chi connectivity index (χ2n) is 3.42. The number of nitrogens with zero attached hydrogens (tertiary/aromatic N) is 2. The quantitative estimate of drug-likeness (QED) is 0.502. The van der Waals surface area contributed by atoms with Crippen LogP contribution in [0.15, 0.2) is 46.0 Å². The molecule has 0 saturated carbocycles. The monoisotopic (exact) mass is 343 g/mol. The molecular formula is C12H8BrCl2N3. The topological polar surface area (TPSA) is 37.3 Å². The molecule has 0 atom stereocenters. The van der Waals surface area contributed by atoms with Gasteiger partial charge in [-0.2, -0.15) is 5.10 Å². The van der Waals surface area contributed by atoms with E-state index < -0.39 is 0 Å². The number of rotatable bonds is 3. The number of hydrazone groups is 1. The van der Waals surface area contributed by atoms with Gasteiger partial charge in [-0.05, 0) is 36.4 Å². The van der Waals surface area contributed by atoms with E-state index in [1.807, 2.05) is 24.3 Å². The summed E-state index contributed by atoms with van der Waals surface area (Å²) in [7, 11) is 0. The molecule has 0 bridgehead atoms. The van der Waals surface area contributed by atoms with E-state index in [1.54, 1.807) is 18.3 Å². The molecule has 0 aliphatic heterocycles. The van der Waals surface area contributed by atoms with Gasteiger partial charge in [-0.15, -0.1) is 0 Å². The maximum atomic E-state index is 5.78. The van der Waals surface area contributed by atoms with E-state index in [-0.39, 0.29) is 0 Å². The number of hydrogen-bond acceptors (Lipinski definition) is 3. The lowest BCUT2D eigenvalue weighted by molar-refractivity contribution is 1.31. The Morgan fingerprint density at radius 2 is 1.72 bits per heavy atom. The van der Waals surface area contributed by atoms with Gasteiger partial charge < -0.3 is 0 Å². The molecule has 0 spiro atoms. The molecule has 1 aromatic carbocycles. The Kier molecular flexibility index (Phi) is 4.58. The Bertz CT molecular complexity index is 550. The van der Waals surface area contributed by atoms with Crippen molar-refractivity contribution >= 4 is 51.0 Å². The molecule has 6 heteroatoms. The van der Waals surface area contributed by atoms with Crippen molar-refractivity contribution in [1.29, 1.82) is 0 Å². The van der Waals surface area contributed by atoms with E-state index in [2.05, 4.69) is 31.4 Å². The van der Waals surface area contributed by atoms with Crippen LogP contribution in [0.3, 0.4) is 0 Å². The molecule has 0 unspecified atom stereocenters. The maximum absolute atomic E-state index is 5.78. The summed E-state index contributed by atoms with van der Waals surface area (Å²) >= 11 is 14.9. The Balaban J connectivity index is 2.05. The summed E-state index contributed by atoms with van der Waals surface area (Å²) in [5.74, 6) is 0. The zero-order valence-corrected chi connectivity index (χ0v) is 12.2. The minimum atomic E-state index is 0.340. The van der Waals surface area contributed by atoms with E-state index >= 15 is 0 Å². The molecule has 2 aromatic rings. The van der Waals surface area contributed by atoms with E-state index in [0.29, 0.717) is 10.3 Å². The molecule has 0 aliphatic rings. The highest BCUT2D eigenvalue weighted by molar-refractivity contribution is 9.10. The summed E-state index contributed by atoms with van der Waals surface area (Å²) in [6, 6.07) is 11.0. The molecule has 92 valence electrons. The van der Waals surface area contributed by atoms with Gasteiger partial charge in [-0.25, -0.2) is 4.98 Å². The van der Waals surface area contributed by atoms with Crippen LogP contribution in [0.2, 0.25) is 10.3 Å². The van der Waals surface area contributed by atoms with Crippen LogP contribution in [0.25, 0.3) is 0 Å². The van der Waals surface area contributed by atoms with Gasteiger partial charge >= 0.3 is 0 Å². The first kappa shape index (κ1) is 13.3. The average Bonchev–Trinajstić information content (AvgIpc) is 2.30. The fraction of sp³-hybridized carbons (Fsp3) is 0. The summed E-state index contributed by atoms with van der Waals surface area (Å²) in [4.78, 5) is 3.85. The van der Waals surface area contributed by atoms with Crippen LogP contribution in [-0.2, 0) is 0 Å². The summed E-state index contributed by atoms with van der Waals surface area (Å²) in [5.41, 5.74) is 4.57. The minimum absolute atomic E-state index is 0.340. The van der Waals surface area contributed by atoms with Crippen LogP contribution in [0.4, 0.5) is 5.69 Å². The van der Waals surface area contributed by atoms with Crippen molar-refractivity contribution in [3.05, 3.63) is 56.7 Å². The molecule has 1 N–H and O–H groups in total. The zero-order chi connectivity index (χ0) is 13.0. The summed E-state index contributed by atoms with van der Waals surface area (Å²) in [5, 5.41) is 4.77. The summed E-state index contributed by atoms with van der Waals surface area (Å²) in [6.07, 6.45) is 1.63. The van der Waals surface area contributed by atoms with Crippen molar-refractivity contribution in [2.24, 2.45) is 5.10 Å². The number of benzene rings is 1. The van der Waals surface area contributed by atoms with Gasteiger partial charge in [0.15, 0.2) is 0 Å². The average molecular weight is 345 g/mol. The largest absolute Gasteiger partial charge is 0.279 e. The highest BCUT2D eigenvalue weighted by atomic mass is 79.9. The number of pyridine rings is 1. The molecule has 0 saturated heterocycles. The van der Waals surface area contributed by atoms with E-state index in [0.717, 1.165) is 15.7 Å². The first-order valence-electron chi connectivity index (χ1n) is 5.01. The Morgan fingerprint density at radius 1 is 1.11 bits per heavy atom. The highest BCUT2D eigenvalue weighted by Gasteiger charge is 1.96. The molecule has 0 radical (unpaired) electrons. The first-order chi connectivity index (χ1) is 8.63. The van der Waals surface area contributed by atoms with Gasteiger partial charge in [0.25, 0.3) is 0 Å². The summed E-state index contributed by atoms with van der Waals surface area (Å²) < 4.78 is 1.02. The Labute approximate surface area is 123 Å². The van der Waals surface area contributed by atoms with Crippen molar-refractivity contribution in [3.63, 3.8) is 0 Å². The number of nitrogens with one attached hydrogen (secondary N) is 1. The third-order valence-electron chi connectivity index (χ3n) is 2.04. The maximum Gasteiger partial charge on any atom is 0.131 e. The third kappa shape index (κ3) is 3.98. The smallest absolute Gasteiger partial charge is 0.131 e. The molecule has 1 heterocycles. The molecule has 1 aromatic heterocycles. The van der Waals surface area contributed by atoms with Gasteiger partial charge in [-0.3, -0.25) is 5.43 Å². The minimum Gasteiger partial charge on any atom is -0.279 e. The second-order valence-corrected chi connectivity index (χ2v) is 5.11. The predicted octanol–water partition coefficient (Wildman–Crippen LogP) is 4.60. The fourth-order valence-corrected chi connectivity index (χ4v) is 2.01. The lowest BCUT2D eigenvalue weighted by Crippen LogP contribution is -1.91. The first-order valence-corrected chi connectivity index (χ1v) is 6.56. The molecule has 0 fully saturated rings. The number of anilines is 1. The Morgan fingerprint density at radius 3 is 2.33 bits per heavy atom. The molecule has 0 aliphatic carbocycles. The van der Waals surface area contributed by atoms with Crippen LogP contribution in [0, 0.1) is 0 Å². The van der Waals surface area contributed by atoms with Gasteiger partial charge in [0.1, 0.15) is 10.3 Å². The van der Waals surface area contributed by atoms with E-state index in [4.69, 9.17) is 23.2 Å². The highest BCUT2D eigenvalue weighted by Crippen LogP contribution is 2.15. The van der Waals surface area contributed by atoms with Crippen LogP contribution >= 0.6 is 39.1 Å². The molecule has 2 rings (SSSR count). The van der Waals surface area contributed by atoms with Gasteiger partial charge in [0.2, 0.25) is 0 Å². The molecular weight excluding hydrogens is 337 g/mol. The van der Waals surface area contributed by atoms with Gasteiger partial charge in [0, 0.05) is 10.0 Å². The van der Waals surface area contributed by atoms with Crippen LogP contribution in [0.5, 0.6) is 0 Å². The van der Waals surface area contributed by atoms with Crippen molar-refractivity contribution in [1.82, 2.24) is 4.98 Å². The van der Waals surface area contributed by atoms with Crippen LogP contribution in [0.1, 0.15) is 5.56 Å². The SMILES string of the molecule is Clc1cc(/C=N\Nc2ccc(Br)cc2)cc(Cl)n1. The van der Waals surface area contributed by atoms with Crippen molar-refractivity contribution in [2.45, 2.75) is 0 Å². The normalized spacial score (nSPS) is 10.8. The van der Waals surface area contributed by atoms with Crippen molar-refractivity contribution < 1.29 is 0 Å². The number of hydrogen-bond donors (Lipinski definition) is 1. The van der Waals surface area contributed by atoms with E-state index in [1.165, 1.54) is 0 Å². The van der Waals surface area contributed by atoms with E-state index in [9.17, 15) is 0 Å². The lowest BCUT2D eigenvalue weighted by Gasteiger charge is -2.00. The standard InChI is InChI=1S/C12H8BrCl2N3/c13-9-1-3-10(4-2-9)18-16-7-8-5-11(14)17-12(15)6-8/h1-7,18H/b16-7-. The predicted molar refractivity (Wildman–Crippen MR) is 79.6 cm³/mol. The number of halogens is 3. The van der Waals surface area contributed by atoms with Crippen molar-refractivity contribution in [3.8, 4) is 0 Å². The summed E-state index contributed by atoms with van der Waals surface area (Å²) in [6.45, 7) is 0. The molecule has 18 heavy (non-hydrogen) atoms. The molecule has 0 amide bonds. The number of aromatic nitrogens is 1. The lowest BCUT2D eigenvalue weighted by atomic mass is 10.3. The molecule has 3 nitrogen and oxygen atoms in total. The van der Waals surface area contributed by atoms with Crippen LogP contribution < -0.4 is 5.43 Å². The fourth-order valence-electron chi connectivity index (χ4n) is 1.26. The van der Waals surface area contributed by atoms with Gasteiger partial charge in [-0.1, -0.05) is 39.1 Å².